The van der Waals surface area contributed by atoms with E-state index in [9.17, 15) is 4.79 Å². The van der Waals surface area contributed by atoms with E-state index in [-0.39, 0.29) is 12.1 Å². The van der Waals surface area contributed by atoms with E-state index in [4.69, 9.17) is 15.6 Å². The number of ether oxygens (including phenoxy) is 1. The molecule has 3 N–H and O–H groups in total. The molecule has 0 saturated carbocycles. The predicted molar refractivity (Wildman–Crippen MR) is 58.2 cm³/mol. The van der Waals surface area contributed by atoms with E-state index >= 15 is 0 Å². The van der Waals surface area contributed by atoms with Crippen molar-refractivity contribution in [2.75, 3.05) is 18.1 Å². The van der Waals surface area contributed by atoms with Crippen molar-refractivity contribution in [2.45, 2.75) is 32.4 Å². The summed E-state index contributed by atoms with van der Waals surface area (Å²) in [5, 5.41) is 8.97. The Bertz CT molecular complexity index is 164. The normalized spacial score (nSPS) is 14.9. The molecule has 0 spiro atoms. The highest BCUT2D eigenvalue weighted by atomic mass is 32.2. The van der Waals surface area contributed by atoms with Crippen molar-refractivity contribution in [1.29, 1.82) is 0 Å². The largest absolute Gasteiger partial charge is 0.465 e. The van der Waals surface area contributed by atoms with E-state index in [0.29, 0.717) is 18.8 Å². The highest BCUT2D eigenvalue weighted by Gasteiger charge is 2.13. The number of thioether (sulfide) groups is 1. The highest BCUT2D eigenvalue weighted by Crippen LogP contribution is 2.06. The summed E-state index contributed by atoms with van der Waals surface area (Å²) >= 11 is 1.59. The first kappa shape index (κ1) is 13.7. The Balaban J connectivity index is 3.43. The van der Waals surface area contributed by atoms with Crippen LogP contribution in [0.1, 0.15) is 20.3 Å². The number of hydrogen-bond acceptors (Lipinski definition) is 5. The van der Waals surface area contributed by atoms with Gasteiger partial charge in [-0.3, -0.25) is 4.79 Å². The zero-order valence-electron chi connectivity index (χ0n) is 8.73. The zero-order valence-corrected chi connectivity index (χ0v) is 9.55. The van der Waals surface area contributed by atoms with Crippen LogP contribution in [0.25, 0.3) is 0 Å². The minimum absolute atomic E-state index is 0.307. The number of hydrogen-bond donors (Lipinski definition) is 2. The number of rotatable bonds is 7. The molecule has 0 aromatic rings. The van der Waals surface area contributed by atoms with Crippen LogP contribution in [0.3, 0.4) is 0 Å². The van der Waals surface area contributed by atoms with Crippen LogP contribution in [0, 0.1) is 0 Å². The molecule has 0 radical (unpaired) electrons. The smallest absolute Gasteiger partial charge is 0.322 e. The summed E-state index contributed by atoms with van der Waals surface area (Å²) in [6.45, 7) is 3.86. The molecule has 0 aliphatic carbocycles. The van der Waals surface area contributed by atoms with Crippen molar-refractivity contribution < 1.29 is 14.6 Å². The highest BCUT2D eigenvalue weighted by molar-refractivity contribution is 7.99. The Labute approximate surface area is 89.2 Å². The van der Waals surface area contributed by atoms with E-state index in [0.717, 1.165) is 5.75 Å². The first-order chi connectivity index (χ1) is 6.57. The van der Waals surface area contributed by atoms with Crippen LogP contribution in [-0.4, -0.2) is 41.3 Å². The molecule has 0 aromatic carbocycles. The number of carbonyl (C=O) groups excluding carboxylic acids is 1. The minimum atomic E-state index is -0.531. The molecule has 4 nitrogen and oxygen atoms in total. The molecule has 0 rings (SSSR count). The first-order valence-electron chi connectivity index (χ1n) is 4.76. The molecule has 0 amide bonds. The summed E-state index contributed by atoms with van der Waals surface area (Å²) in [5.41, 5.74) is 5.57. The second-order valence-electron chi connectivity index (χ2n) is 3.07. The third-order valence-electron chi connectivity index (χ3n) is 1.52. The van der Waals surface area contributed by atoms with Crippen molar-refractivity contribution in [3.05, 3.63) is 0 Å². The lowest BCUT2D eigenvalue weighted by Crippen LogP contribution is -2.32. The van der Waals surface area contributed by atoms with Crippen molar-refractivity contribution in [2.24, 2.45) is 5.73 Å². The molecular formula is C9H19NO3S. The van der Waals surface area contributed by atoms with Gasteiger partial charge in [-0.1, -0.05) is 0 Å². The van der Waals surface area contributed by atoms with Gasteiger partial charge in [-0.25, -0.2) is 0 Å². The molecule has 0 heterocycles. The molecule has 0 aromatic heterocycles. The maximum Gasteiger partial charge on any atom is 0.322 e. The zero-order chi connectivity index (χ0) is 11.0. The maximum atomic E-state index is 11.1. The predicted octanol–water partition coefficient (Wildman–Crippen LogP) is 0.381. The van der Waals surface area contributed by atoms with Crippen LogP contribution >= 0.6 is 11.8 Å². The molecular weight excluding hydrogens is 202 g/mol. The molecule has 0 aliphatic rings. The fourth-order valence-corrected chi connectivity index (χ4v) is 1.76. The summed E-state index contributed by atoms with van der Waals surface area (Å²) in [5.74, 6) is 1.10. The van der Waals surface area contributed by atoms with Gasteiger partial charge in [0.25, 0.3) is 0 Å². The van der Waals surface area contributed by atoms with E-state index in [1.165, 1.54) is 0 Å². The third kappa shape index (κ3) is 7.17. The van der Waals surface area contributed by atoms with Gasteiger partial charge in [-0.2, -0.15) is 11.8 Å². The Kier molecular flexibility index (Phi) is 7.93. The number of nitrogens with two attached hydrogens (primary N) is 1. The minimum Gasteiger partial charge on any atom is -0.465 e. The van der Waals surface area contributed by atoms with Crippen LogP contribution < -0.4 is 5.73 Å². The number of aliphatic hydroxyl groups is 1. The molecule has 84 valence electrons. The number of esters is 1. The molecule has 0 saturated heterocycles. The molecule has 0 fully saturated rings. The lowest BCUT2D eigenvalue weighted by molar-refractivity contribution is -0.144. The van der Waals surface area contributed by atoms with Gasteiger partial charge in [0.2, 0.25) is 0 Å². The van der Waals surface area contributed by atoms with Gasteiger partial charge in [0, 0.05) is 5.75 Å². The van der Waals surface area contributed by atoms with E-state index in [2.05, 4.69) is 0 Å². The van der Waals surface area contributed by atoms with Crippen molar-refractivity contribution >= 4 is 17.7 Å². The second-order valence-corrected chi connectivity index (χ2v) is 4.22. The van der Waals surface area contributed by atoms with Crippen LogP contribution in [0.2, 0.25) is 0 Å². The van der Waals surface area contributed by atoms with Gasteiger partial charge in [-0.05, 0) is 26.0 Å². The Morgan fingerprint density at radius 1 is 1.64 bits per heavy atom. The van der Waals surface area contributed by atoms with Gasteiger partial charge in [0.15, 0.2) is 0 Å². The molecule has 0 bridgehead atoms. The summed E-state index contributed by atoms with van der Waals surface area (Å²) in [4.78, 5) is 11.1. The van der Waals surface area contributed by atoms with Gasteiger partial charge >= 0.3 is 5.97 Å². The molecule has 5 heteroatoms. The van der Waals surface area contributed by atoms with E-state index < -0.39 is 6.04 Å². The van der Waals surface area contributed by atoms with Crippen LogP contribution in [0.5, 0.6) is 0 Å². The summed E-state index contributed by atoms with van der Waals surface area (Å²) < 4.78 is 4.76. The second kappa shape index (κ2) is 8.08. The molecule has 2 atom stereocenters. The quantitative estimate of drug-likeness (QED) is 0.480. The number of aliphatic hydroxyl groups excluding tert-OH is 1. The van der Waals surface area contributed by atoms with Crippen molar-refractivity contribution in [3.63, 3.8) is 0 Å². The van der Waals surface area contributed by atoms with Crippen molar-refractivity contribution in [3.8, 4) is 0 Å². The lowest BCUT2D eigenvalue weighted by atomic mass is 10.2. The van der Waals surface area contributed by atoms with Crippen LogP contribution in [0.15, 0.2) is 0 Å². The van der Waals surface area contributed by atoms with Crippen molar-refractivity contribution in [1.82, 2.24) is 0 Å². The van der Waals surface area contributed by atoms with Gasteiger partial charge < -0.3 is 15.6 Å². The van der Waals surface area contributed by atoms with Gasteiger partial charge in [0.1, 0.15) is 6.04 Å². The summed E-state index contributed by atoms with van der Waals surface area (Å²) in [6.07, 6.45) is 0.287. The fourth-order valence-electron chi connectivity index (χ4n) is 0.831. The lowest BCUT2D eigenvalue weighted by Gasteiger charge is -2.10. The van der Waals surface area contributed by atoms with Gasteiger partial charge in [-0.15, -0.1) is 0 Å². The Morgan fingerprint density at radius 2 is 2.29 bits per heavy atom. The Hall–Kier alpha value is -0.260. The monoisotopic (exact) mass is 221 g/mol. The van der Waals surface area contributed by atoms with Crippen LogP contribution in [0.4, 0.5) is 0 Å². The average molecular weight is 221 g/mol. The first-order valence-corrected chi connectivity index (χ1v) is 5.91. The fraction of sp³-hybridized carbons (Fsp3) is 0.889. The third-order valence-corrected chi connectivity index (χ3v) is 2.76. The molecule has 0 aliphatic heterocycles. The summed E-state index contributed by atoms with van der Waals surface area (Å²) in [6, 6.07) is -0.531. The molecule has 2 unspecified atom stereocenters. The topological polar surface area (TPSA) is 72.5 Å². The van der Waals surface area contributed by atoms with E-state index in [1.54, 1.807) is 25.6 Å². The maximum absolute atomic E-state index is 11.1. The molecule has 14 heavy (non-hydrogen) atoms. The average Bonchev–Trinajstić information content (AvgIpc) is 2.12. The van der Waals surface area contributed by atoms with Gasteiger partial charge in [0.05, 0.1) is 12.7 Å². The number of carbonyl (C=O) groups is 1. The standard InChI is InChI=1S/C9H19NO3S/c1-3-13-9(12)8(10)4-5-14-6-7(2)11/h7-8,11H,3-6,10H2,1-2H3. The van der Waals surface area contributed by atoms with Crippen LogP contribution in [-0.2, 0) is 9.53 Å². The summed E-state index contributed by atoms with van der Waals surface area (Å²) in [7, 11) is 0. The van der Waals surface area contributed by atoms with E-state index in [1.807, 2.05) is 0 Å². The Morgan fingerprint density at radius 3 is 2.79 bits per heavy atom. The SMILES string of the molecule is CCOC(=O)C(N)CCSCC(C)O.